The lowest BCUT2D eigenvalue weighted by atomic mass is 10.2. The van der Waals surface area contributed by atoms with Crippen LogP contribution < -0.4 is 15.5 Å². The molecule has 1 heterocycles. The Balaban J connectivity index is 2.22. The summed E-state index contributed by atoms with van der Waals surface area (Å²) in [6.07, 6.45) is 0. The van der Waals surface area contributed by atoms with Crippen LogP contribution in [0.2, 0.25) is 0 Å². The van der Waals surface area contributed by atoms with Gasteiger partial charge in [-0.25, -0.2) is 0 Å². The summed E-state index contributed by atoms with van der Waals surface area (Å²) in [4.78, 5) is 17.0. The summed E-state index contributed by atoms with van der Waals surface area (Å²) in [6.45, 7) is 6.53. The molecule has 6 nitrogen and oxygen atoms in total. The van der Waals surface area contributed by atoms with Gasteiger partial charge in [-0.05, 0) is 19.4 Å². The SMILES string of the molecule is CCN(CC)c1nc(N)nc(N(C)Cc2ccccc2)n1. The molecule has 0 spiro atoms. The summed E-state index contributed by atoms with van der Waals surface area (Å²) < 4.78 is 0. The number of benzene rings is 1. The minimum Gasteiger partial charge on any atom is -0.368 e. The van der Waals surface area contributed by atoms with Crippen molar-refractivity contribution in [2.75, 3.05) is 35.7 Å². The second-order valence-corrected chi connectivity index (χ2v) is 4.81. The van der Waals surface area contributed by atoms with Crippen molar-refractivity contribution in [1.82, 2.24) is 15.0 Å². The van der Waals surface area contributed by atoms with Gasteiger partial charge < -0.3 is 15.5 Å². The predicted octanol–water partition coefficient (Wildman–Crippen LogP) is 1.94. The number of nitrogens with zero attached hydrogens (tertiary/aromatic N) is 5. The molecule has 21 heavy (non-hydrogen) atoms. The highest BCUT2D eigenvalue weighted by molar-refractivity contribution is 5.43. The molecule has 0 bridgehead atoms. The number of hydrogen-bond donors (Lipinski definition) is 1. The van der Waals surface area contributed by atoms with Crippen LogP contribution in [0.1, 0.15) is 19.4 Å². The molecule has 0 atom stereocenters. The fourth-order valence-electron chi connectivity index (χ4n) is 2.12. The molecule has 0 saturated carbocycles. The molecule has 112 valence electrons. The Morgan fingerprint density at radius 1 is 0.952 bits per heavy atom. The molecule has 0 fully saturated rings. The molecule has 6 heteroatoms. The van der Waals surface area contributed by atoms with Crippen LogP contribution in [0, 0.1) is 0 Å². The molecule has 1 aromatic heterocycles. The van der Waals surface area contributed by atoms with Gasteiger partial charge in [-0.15, -0.1) is 0 Å². The third-order valence-corrected chi connectivity index (χ3v) is 3.28. The van der Waals surface area contributed by atoms with Crippen LogP contribution in [0.4, 0.5) is 17.8 Å². The maximum Gasteiger partial charge on any atom is 0.231 e. The topological polar surface area (TPSA) is 71.2 Å². The number of nitrogen functional groups attached to an aromatic ring is 1. The first-order valence-corrected chi connectivity index (χ1v) is 7.15. The van der Waals surface area contributed by atoms with E-state index in [0.29, 0.717) is 11.9 Å². The van der Waals surface area contributed by atoms with Crippen LogP contribution in [0.3, 0.4) is 0 Å². The highest BCUT2D eigenvalue weighted by Gasteiger charge is 2.12. The smallest absolute Gasteiger partial charge is 0.231 e. The van der Waals surface area contributed by atoms with Gasteiger partial charge in [-0.1, -0.05) is 30.3 Å². The van der Waals surface area contributed by atoms with Crippen LogP contribution in [0.15, 0.2) is 30.3 Å². The molecule has 2 rings (SSSR count). The Morgan fingerprint density at radius 3 is 2.19 bits per heavy atom. The maximum atomic E-state index is 5.82. The van der Waals surface area contributed by atoms with Gasteiger partial charge in [-0.3, -0.25) is 0 Å². The summed E-state index contributed by atoms with van der Waals surface area (Å²) in [5.74, 6) is 1.47. The van der Waals surface area contributed by atoms with E-state index in [1.807, 2.05) is 30.1 Å². The molecule has 2 N–H and O–H groups in total. The van der Waals surface area contributed by atoms with Gasteiger partial charge in [-0.2, -0.15) is 15.0 Å². The monoisotopic (exact) mass is 286 g/mol. The standard InChI is InChI=1S/C15H22N6/c1-4-21(5-2)15-18-13(16)17-14(19-15)20(3)11-12-9-7-6-8-10-12/h6-10H,4-5,11H2,1-3H3,(H2,16,17,18,19). The van der Waals surface area contributed by atoms with E-state index in [4.69, 9.17) is 5.73 Å². The lowest BCUT2D eigenvalue weighted by Gasteiger charge is -2.22. The fraction of sp³-hybridized carbons (Fsp3) is 0.400. The molecule has 0 aliphatic heterocycles. The van der Waals surface area contributed by atoms with E-state index < -0.39 is 0 Å². The summed E-state index contributed by atoms with van der Waals surface area (Å²) in [7, 11) is 1.95. The zero-order chi connectivity index (χ0) is 15.2. The van der Waals surface area contributed by atoms with Crippen molar-refractivity contribution >= 4 is 17.8 Å². The quantitative estimate of drug-likeness (QED) is 0.875. The first kappa shape index (κ1) is 15.0. The predicted molar refractivity (Wildman–Crippen MR) is 86.3 cm³/mol. The number of rotatable bonds is 6. The van der Waals surface area contributed by atoms with E-state index in [2.05, 4.69) is 45.8 Å². The van der Waals surface area contributed by atoms with Crippen molar-refractivity contribution in [1.29, 1.82) is 0 Å². The van der Waals surface area contributed by atoms with Crippen molar-refractivity contribution in [3.05, 3.63) is 35.9 Å². The lowest BCUT2D eigenvalue weighted by molar-refractivity contribution is 0.794. The summed E-state index contributed by atoms with van der Waals surface area (Å²) >= 11 is 0. The van der Waals surface area contributed by atoms with Crippen LogP contribution >= 0.6 is 0 Å². The summed E-state index contributed by atoms with van der Waals surface area (Å²) in [5.41, 5.74) is 7.02. The Morgan fingerprint density at radius 2 is 1.57 bits per heavy atom. The molecule has 1 aromatic carbocycles. The molecular weight excluding hydrogens is 264 g/mol. The van der Waals surface area contributed by atoms with Crippen molar-refractivity contribution in [2.45, 2.75) is 20.4 Å². The van der Waals surface area contributed by atoms with Crippen molar-refractivity contribution < 1.29 is 0 Å². The Hall–Kier alpha value is -2.37. The molecule has 0 aliphatic carbocycles. The van der Waals surface area contributed by atoms with E-state index in [1.165, 1.54) is 5.56 Å². The van der Waals surface area contributed by atoms with E-state index >= 15 is 0 Å². The second kappa shape index (κ2) is 6.88. The van der Waals surface area contributed by atoms with Gasteiger partial charge in [0.25, 0.3) is 0 Å². The molecule has 0 amide bonds. The minimum atomic E-state index is 0.252. The number of nitrogens with two attached hydrogens (primary N) is 1. The molecule has 0 aliphatic rings. The summed E-state index contributed by atoms with van der Waals surface area (Å²) in [6, 6.07) is 10.2. The van der Waals surface area contributed by atoms with Gasteiger partial charge in [0.05, 0.1) is 0 Å². The van der Waals surface area contributed by atoms with Crippen molar-refractivity contribution in [3.8, 4) is 0 Å². The minimum absolute atomic E-state index is 0.252. The summed E-state index contributed by atoms with van der Waals surface area (Å²) in [5, 5.41) is 0. The van der Waals surface area contributed by atoms with Crippen molar-refractivity contribution in [3.63, 3.8) is 0 Å². The lowest BCUT2D eigenvalue weighted by Crippen LogP contribution is -2.27. The first-order valence-electron chi connectivity index (χ1n) is 7.15. The molecule has 0 radical (unpaired) electrons. The first-order chi connectivity index (χ1) is 10.1. The normalized spacial score (nSPS) is 10.4. The molecule has 2 aromatic rings. The Bertz CT molecular complexity index is 568. The van der Waals surface area contributed by atoms with Gasteiger partial charge in [0.2, 0.25) is 17.8 Å². The van der Waals surface area contributed by atoms with E-state index in [1.54, 1.807) is 0 Å². The van der Waals surface area contributed by atoms with Crippen LogP contribution in [0.5, 0.6) is 0 Å². The van der Waals surface area contributed by atoms with E-state index in [-0.39, 0.29) is 5.95 Å². The van der Waals surface area contributed by atoms with Crippen LogP contribution in [-0.2, 0) is 6.54 Å². The van der Waals surface area contributed by atoms with Crippen LogP contribution in [0.25, 0.3) is 0 Å². The van der Waals surface area contributed by atoms with Gasteiger partial charge >= 0.3 is 0 Å². The Labute approximate surface area is 125 Å². The van der Waals surface area contributed by atoms with Gasteiger partial charge in [0.15, 0.2) is 0 Å². The zero-order valence-corrected chi connectivity index (χ0v) is 12.8. The number of hydrogen-bond acceptors (Lipinski definition) is 6. The molecule has 0 saturated heterocycles. The van der Waals surface area contributed by atoms with Crippen molar-refractivity contribution in [2.24, 2.45) is 0 Å². The maximum absolute atomic E-state index is 5.82. The Kier molecular flexibility index (Phi) is 4.92. The highest BCUT2D eigenvalue weighted by atomic mass is 15.3. The van der Waals surface area contributed by atoms with Gasteiger partial charge in [0, 0.05) is 26.7 Å². The largest absolute Gasteiger partial charge is 0.368 e. The average molecular weight is 286 g/mol. The third-order valence-electron chi connectivity index (χ3n) is 3.28. The number of aromatic nitrogens is 3. The third kappa shape index (κ3) is 3.81. The van der Waals surface area contributed by atoms with Crippen LogP contribution in [-0.4, -0.2) is 35.1 Å². The average Bonchev–Trinajstić information content (AvgIpc) is 2.49. The highest BCUT2D eigenvalue weighted by Crippen LogP contribution is 2.16. The molecule has 0 unspecified atom stereocenters. The second-order valence-electron chi connectivity index (χ2n) is 4.81. The van der Waals surface area contributed by atoms with E-state index in [9.17, 15) is 0 Å². The zero-order valence-electron chi connectivity index (χ0n) is 12.8. The fourth-order valence-corrected chi connectivity index (χ4v) is 2.12. The molecular formula is C15H22N6. The van der Waals surface area contributed by atoms with E-state index in [0.717, 1.165) is 19.6 Å². The van der Waals surface area contributed by atoms with Gasteiger partial charge in [0.1, 0.15) is 0 Å². The number of anilines is 3.